The Kier molecular flexibility index (Phi) is 3.06. The molecule has 4 rings (SSSR count). The fraction of sp³-hybridized carbons (Fsp3) is 0.438. The Balaban J connectivity index is 1.73. The van der Waals surface area contributed by atoms with E-state index >= 15 is 0 Å². The molecule has 0 spiro atoms. The first-order valence-corrected chi connectivity index (χ1v) is 7.73. The topological polar surface area (TPSA) is 79.0 Å². The number of halogens is 1. The van der Waals surface area contributed by atoms with Gasteiger partial charge in [0.2, 0.25) is 11.8 Å². The van der Waals surface area contributed by atoms with Crippen LogP contribution in [0.3, 0.4) is 0 Å². The van der Waals surface area contributed by atoms with E-state index in [-0.39, 0.29) is 30.8 Å². The van der Waals surface area contributed by atoms with Crippen molar-refractivity contribution >= 4 is 29.3 Å². The second-order valence-corrected chi connectivity index (χ2v) is 6.31. The number of ether oxygens (including phenoxy) is 1. The lowest BCUT2D eigenvalue weighted by Crippen LogP contribution is -2.40. The molecule has 24 heavy (non-hydrogen) atoms. The van der Waals surface area contributed by atoms with E-state index in [1.165, 1.54) is 22.8 Å². The van der Waals surface area contributed by atoms with Crippen molar-refractivity contribution in [2.24, 2.45) is 0 Å². The molecule has 3 aliphatic heterocycles. The second kappa shape index (κ2) is 4.93. The summed E-state index contributed by atoms with van der Waals surface area (Å²) in [4.78, 5) is 38.0. The third-order valence-electron chi connectivity index (χ3n) is 4.92. The molecule has 0 bridgehead atoms. The number of carbonyl (C=O) groups excluding carboxylic acids is 3. The fourth-order valence-electron chi connectivity index (χ4n) is 3.80. The van der Waals surface area contributed by atoms with Crippen LogP contribution in [0.5, 0.6) is 0 Å². The van der Waals surface area contributed by atoms with Gasteiger partial charge in [-0.25, -0.2) is 9.18 Å². The molecule has 0 aliphatic carbocycles. The van der Waals surface area contributed by atoms with Gasteiger partial charge >= 0.3 is 6.09 Å². The van der Waals surface area contributed by atoms with E-state index in [2.05, 4.69) is 5.32 Å². The number of likely N-dealkylation sites (N-methyl/N-ethyl adjacent to an activating group) is 1. The first kappa shape index (κ1) is 14.9. The second-order valence-electron chi connectivity index (χ2n) is 6.31. The van der Waals surface area contributed by atoms with Gasteiger partial charge in [-0.05, 0) is 17.5 Å². The maximum Gasteiger partial charge on any atom is 0.415 e. The van der Waals surface area contributed by atoms with Crippen molar-refractivity contribution < 1.29 is 23.5 Å². The summed E-state index contributed by atoms with van der Waals surface area (Å²) in [5, 5.41) is 2.65. The van der Waals surface area contributed by atoms with Gasteiger partial charge in [0.05, 0.1) is 30.4 Å². The Bertz CT molecular complexity index is 794. The van der Waals surface area contributed by atoms with Crippen molar-refractivity contribution in [3.8, 4) is 0 Å². The lowest BCUT2D eigenvalue weighted by atomic mass is 9.98. The Morgan fingerprint density at radius 2 is 2.17 bits per heavy atom. The lowest BCUT2D eigenvalue weighted by Gasteiger charge is -2.17. The molecule has 7 nitrogen and oxygen atoms in total. The molecule has 1 saturated heterocycles. The molecule has 1 aromatic rings. The van der Waals surface area contributed by atoms with Crippen molar-refractivity contribution in [2.75, 3.05) is 23.4 Å². The van der Waals surface area contributed by atoms with E-state index in [0.29, 0.717) is 23.4 Å². The van der Waals surface area contributed by atoms with E-state index < -0.39 is 18.0 Å². The number of amides is 3. The molecule has 126 valence electrons. The molecular weight excluding hydrogens is 317 g/mol. The van der Waals surface area contributed by atoms with Crippen LogP contribution in [0.15, 0.2) is 6.07 Å². The van der Waals surface area contributed by atoms with E-state index in [9.17, 15) is 18.8 Å². The molecule has 1 aromatic carbocycles. The van der Waals surface area contributed by atoms with Crippen LogP contribution in [-0.4, -0.2) is 43.6 Å². The number of nitrogens with one attached hydrogen (secondary N) is 1. The minimum atomic E-state index is -0.550. The minimum absolute atomic E-state index is 0.137. The van der Waals surface area contributed by atoms with Gasteiger partial charge in [-0.2, -0.15) is 0 Å². The average molecular weight is 333 g/mol. The molecule has 1 N–H and O–H groups in total. The summed E-state index contributed by atoms with van der Waals surface area (Å²) in [5.41, 5.74) is 2.23. The van der Waals surface area contributed by atoms with Crippen LogP contribution >= 0.6 is 0 Å². The van der Waals surface area contributed by atoms with Crippen molar-refractivity contribution in [3.63, 3.8) is 0 Å². The number of nitrogens with zero attached hydrogens (tertiary/aromatic N) is 2. The van der Waals surface area contributed by atoms with Crippen molar-refractivity contribution in [1.82, 2.24) is 5.32 Å². The minimum Gasteiger partial charge on any atom is -0.442 e. The summed E-state index contributed by atoms with van der Waals surface area (Å²) in [6.45, 7) is 1.60. The number of hydrogen-bond acceptors (Lipinski definition) is 4. The third-order valence-corrected chi connectivity index (χ3v) is 4.92. The predicted molar refractivity (Wildman–Crippen MR) is 82.4 cm³/mol. The Hall–Kier alpha value is -2.64. The average Bonchev–Trinajstić information content (AvgIpc) is 3.12. The molecule has 1 fully saturated rings. The Labute approximate surface area is 137 Å². The molecule has 0 radical (unpaired) electrons. The van der Waals surface area contributed by atoms with Gasteiger partial charge in [0.15, 0.2) is 0 Å². The normalized spacial score (nSPS) is 24.0. The zero-order valence-electron chi connectivity index (χ0n) is 13.3. The predicted octanol–water partition coefficient (Wildman–Crippen LogP) is 0.731. The Morgan fingerprint density at radius 3 is 2.88 bits per heavy atom. The molecule has 3 amide bonds. The highest BCUT2D eigenvalue weighted by Gasteiger charge is 2.49. The number of carbonyl (C=O) groups is 3. The SMILES string of the molecule is CC(=O)NC[C@@H]1OC(=O)N2c3cc(F)c4c(c3C[C@@H]12)CC(=O)N4C. The smallest absolute Gasteiger partial charge is 0.415 e. The van der Waals surface area contributed by atoms with Gasteiger partial charge in [0, 0.05) is 20.0 Å². The molecule has 2 atom stereocenters. The molecular formula is C16H16FN3O4. The third kappa shape index (κ3) is 1.92. The van der Waals surface area contributed by atoms with Gasteiger partial charge in [-0.1, -0.05) is 0 Å². The van der Waals surface area contributed by atoms with Gasteiger partial charge in [-0.15, -0.1) is 0 Å². The molecule has 3 heterocycles. The van der Waals surface area contributed by atoms with Crippen molar-refractivity contribution in [1.29, 1.82) is 0 Å². The number of benzene rings is 1. The highest BCUT2D eigenvalue weighted by Crippen LogP contribution is 2.46. The van der Waals surface area contributed by atoms with Crippen molar-refractivity contribution in [2.45, 2.75) is 31.9 Å². The molecule has 3 aliphatic rings. The van der Waals surface area contributed by atoms with Gasteiger partial charge in [-0.3, -0.25) is 14.5 Å². The highest BCUT2D eigenvalue weighted by atomic mass is 19.1. The van der Waals surface area contributed by atoms with Crippen LogP contribution in [0.4, 0.5) is 20.6 Å². The molecule has 0 aromatic heterocycles. The van der Waals surface area contributed by atoms with Crippen LogP contribution in [0, 0.1) is 5.82 Å². The van der Waals surface area contributed by atoms with E-state index in [1.807, 2.05) is 0 Å². The summed E-state index contributed by atoms with van der Waals surface area (Å²) >= 11 is 0. The monoisotopic (exact) mass is 333 g/mol. The van der Waals surface area contributed by atoms with Gasteiger partial charge in [0.1, 0.15) is 11.9 Å². The van der Waals surface area contributed by atoms with Crippen LogP contribution in [0.2, 0.25) is 0 Å². The maximum atomic E-state index is 14.5. The zero-order valence-corrected chi connectivity index (χ0v) is 13.3. The number of anilines is 2. The van der Waals surface area contributed by atoms with Crippen LogP contribution in [0.1, 0.15) is 18.1 Å². The Morgan fingerprint density at radius 1 is 1.42 bits per heavy atom. The zero-order chi connectivity index (χ0) is 17.2. The molecule has 0 saturated carbocycles. The van der Waals surface area contributed by atoms with Gasteiger partial charge < -0.3 is 15.0 Å². The van der Waals surface area contributed by atoms with E-state index in [1.54, 1.807) is 7.05 Å². The number of rotatable bonds is 2. The summed E-state index contributed by atoms with van der Waals surface area (Å²) in [5.74, 6) is -0.892. The first-order valence-electron chi connectivity index (χ1n) is 7.73. The van der Waals surface area contributed by atoms with Crippen LogP contribution in [-0.2, 0) is 27.2 Å². The van der Waals surface area contributed by atoms with Crippen LogP contribution in [0.25, 0.3) is 0 Å². The standard InChI is InChI=1S/C16H16FN3O4/c1-7(21)18-6-13-12-3-8-9-4-14(22)19(2)15(9)10(17)5-11(8)20(12)16(23)24-13/h5,12-13H,3-4,6H2,1-2H3,(H,18,21)/t12-,13-/m0/s1. The van der Waals surface area contributed by atoms with Gasteiger partial charge in [0.25, 0.3) is 0 Å². The number of cyclic esters (lactones) is 1. The lowest BCUT2D eigenvalue weighted by molar-refractivity contribution is -0.119. The molecule has 0 unspecified atom stereocenters. The number of fused-ring (bicyclic) bond motifs is 5. The van der Waals surface area contributed by atoms with E-state index in [0.717, 1.165) is 5.56 Å². The van der Waals surface area contributed by atoms with Crippen molar-refractivity contribution in [3.05, 3.63) is 23.0 Å². The fourth-order valence-corrected chi connectivity index (χ4v) is 3.80. The summed E-state index contributed by atoms with van der Waals surface area (Å²) < 4.78 is 19.8. The maximum absolute atomic E-state index is 14.5. The summed E-state index contributed by atoms with van der Waals surface area (Å²) in [7, 11) is 1.55. The summed E-state index contributed by atoms with van der Waals surface area (Å²) in [6, 6.07) is 0.997. The molecule has 8 heteroatoms. The quantitative estimate of drug-likeness (QED) is 0.865. The largest absolute Gasteiger partial charge is 0.442 e. The first-order chi connectivity index (χ1) is 11.4. The number of hydrogen-bond donors (Lipinski definition) is 1. The summed E-state index contributed by atoms with van der Waals surface area (Å²) in [6.07, 6.45) is -0.430. The highest BCUT2D eigenvalue weighted by molar-refractivity contribution is 6.04. The van der Waals surface area contributed by atoms with Crippen LogP contribution < -0.4 is 15.1 Å². The van der Waals surface area contributed by atoms with E-state index in [4.69, 9.17) is 4.74 Å².